The molecule has 0 bridgehead atoms. The molecule has 1 aromatic carbocycles. The number of hydrogen-bond acceptors (Lipinski definition) is 5. The average Bonchev–Trinajstić information content (AvgIpc) is 3.33. The molecule has 3 aromatic heterocycles. The molecule has 4 aromatic rings. The first-order chi connectivity index (χ1) is 13.6. The summed E-state index contributed by atoms with van der Waals surface area (Å²) >= 11 is 1.63. The summed E-state index contributed by atoms with van der Waals surface area (Å²) in [7, 11) is -3.67. The van der Waals surface area contributed by atoms with E-state index >= 15 is 0 Å². The van der Waals surface area contributed by atoms with Crippen LogP contribution in [0.15, 0.2) is 65.0 Å². The molecule has 0 saturated carbocycles. The van der Waals surface area contributed by atoms with Gasteiger partial charge < -0.3 is 0 Å². The molecule has 1 aliphatic heterocycles. The van der Waals surface area contributed by atoms with E-state index in [9.17, 15) is 8.42 Å². The summed E-state index contributed by atoms with van der Waals surface area (Å²) < 4.78 is 30.4. The van der Waals surface area contributed by atoms with Gasteiger partial charge >= 0.3 is 0 Å². The second-order valence-electron chi connectivity index (χ2n) is 6.74. The molecule has 6 nitrogen and oxygen atoms in total. The van der Waals surface area contributed by atoms with Gasteiger partial charge in [-0.3, -0.25) is 9.67 Å². The maximum absolute atomic E-state index is 13.5. The van der Waals surface area contributed by atoms with Gasteiger partial charge in [-0.2, -0.15) is 9.40 Å². The lowest BCUT2D eigenvalue weighted by Crippen LogP contribution is -2.31. The molecule has 0 radical (unpaired) electrons. The van der Waals surface area contributed by atoms with Crippen LogP contribution in [0.5, 0.6) is 0 Å². The number of hydrogen-bond donors (Lipinski definition) is 0. The normalized spacial score (nSPS) is 15.4. The molecule has 8 heteroatoms. The summed E-state index contributed by atoms with van der Waals surface area (Å²) in [6, 6.07) is 15.0. The Kier molecular flexibility index (Phi) is 4.26. The summed E-state index contributed by atoms with van der Waals surface area (Å²) in [5.74, 6) is 0. The molecule has 0 fully saturated rings. The lowest BCUT2D eigenvalue weighted by atomic mass is 10.2. The summed E-state index contributed by atoms with van der Waals surface area (Å²) in [5.41, 5.74) is 2.33. The third-order valence-corrected chi connectivity index (χ3v) is 7.74. The van der Waals surface area contributed by atoms with E-state index in [0.717, 1.165) is 28.1 Å². The average molecular weight is 411 g/mol. The van der Waals surface area contributed by atoms with Crippen LogP contribution in [-0.4, -0.2) is 34.0 Å². The molecule has 4 heterocycles. The van der Waals surface area contributed by atoms with E-state index in [1.54, 1.807) is 34.0 Å². The van der Waals surface area contributed by atoms with Crippen molar-refractivity contribution in [1.82, 2.24) is 19.1 Å². The Morgan fingerprint density at radius 1 is 1.04 bits per heavy atom. The Morgan fingerprint density at radius 2 is 1.93 bits per heavy atom. The van der Waals surface area contributed by atoms with Gasteiger partial charge in [-0.05, 0) is 36.1 Å². The third-order valence-electron chi connectivity index (χ3n) is 4.97. The van der Waals surface area contributed by atoms with Gasteiger partial charge in [0.15, 0.2) is 0 Å². The van der Waals surface area contributed by atoms with Crippen LogP contribution in [-0.2, 0) is 23.1 Å². The van der Waals surface area contributed by atoms with Crippen molar-refractivity contribution in [3.05, 3.63) is 65.8 Å². The second-order valence-corrected chi connectivity index (χ2v) is 9.60. The topological polar surface area (TPSA) is 68.1 Å². The van der Waals surface area contributed by atoms with Crippen molar-refractivity contribution in [2.75, 3.05) is 6.54 Å². The molecule has 142 valence electrons. The van der Waals surface area contributed by atoms with Crippen molar-refractivity contribution < 1.29 is 8.42 Å². The van der Waals surface area contributed by atoms with Gasteiger partial charge in [-0.25, -0.2) is 8.42 Å². The van der Waals surface area contributed by atoms with E-state index in [-0.39, 0.29) is 4.90 Å². The Bertz CT molecular complexity index is 1240. The Balaban J connectivity index is 1.54. The third kappa shape index (κ3) is 2.94. The van der Waals surface area contributed by atoms with Crippen LogP contribution in [0.3, 0.4) is 0 Å². The van der Waals surface area contributed by atoms with Crippen LogP contribution < -0.4 is 0 Å². The maximum atomic E-state index is 13.5. The van der Waals surface area contributed by atoms with Crippen LogP contribution in [0.2, 0.25) is 0 Å². The largest absolute Gasteiger partial charge is 0.268 e. The number of aryl methyl sites for hydroxylation is 1. The number of para-hydroxylation sites is 1. The van der Waals surface area contributed by atoms with Crippen molar-refractivity contribution in [1.29, 1.82) is 0 Å². The van der Waals surface area contributed by atoms with Crippen molar-refractivity contribution >= 4 is 32.3 Å². The van der Waals surface area contributed by atoms with Gasteiger partial charge in [-0.1, -0.05) is 24.3 Å². The molecule has 0 atom stereocenters. The number of aromatic nitrogens is 3. The predicted octanol–water partition coefficient (Wildman–Crippen LogP) is 3.75. The zero-order chi connectivity index (χ0) is 19.1. The molecule has 0 saturated heterocycles. The highest BCUT2D eigenvalue weighted by Crippen LogP contribution is 2.29. The van der Waals surface area contributed by atoms with E-state index in [4.69, 9.17) is 0 Å². The maximum Gasteiger partial charge on any atom is 0.245 e. The minimum Gasteiger partial charge on any atom is -0.268 e. The Labute approximate surface area is 167 Å². The molecule has 1 aliphatic rings. The van der Waals surface area contributed by atoms with Crippen molar-refractivity contribution in [3.8, 4) is 10.6 Å². The number of thiophene rings is 1. The SMILES string of the molecule is O=S(=O)(c1cccc2cccnc12)N1CCCn2nc(-c3cccs3)cc2C1. The number of sulfonamides is 1. The monoisotopic (exact) mass is 410 g/mol. The van der Waals surface area contributed by atoms with Gasteiger partial charge in [0, 0.05) is 24.7 Å². The predicted molar refractivity (Wildman–Crippen MR) is 109 cm³/mol. The van der Waals surface area contributed by atoms with Crippen molar-refractivity contribution in [3.63, 3.8) is 0 Å². The fourth-order valence-electron chi connectivity index (χ4n) is 3.61. The van der Waals surface area contributed by atoms with E-state index in [1.165, 1.54) is 0 Å². The van der Waals surface area contributed by atoms with E-state index < -0.39 is 10.0 Å². The minimum atomic E-state index is -3.67. The number of benzene rings is 1. The first-order valence-electron chi connectivity index (χ1n) is 9.07. The van der Waals surface area contributed by atoms with Crippen LogP contribution in [0.4, 0.5) is 0 Å². The number of rotatable bonds is 3. The molecule has 0 N–H and O–H groups in total. The van der Waals surface area contributed by atoms with E-state index in [0.29, 0.717) is 25.2 Å². The highest BCUT2D eigenvalue weighted by atomic mass is 32.2. The summed E-state index contributed by atoms with van der Waals surface area (Å²) in [4.78, 5) is 5.68. The van der Waals surface area contributed by atoms with Gasteiger partial charge in [0.25, 0.3) is 0 Å². The first kappa shape index (κ1) is 17.5. The van der Waals surface area contributed by atoms with Gasteiger partial charge in [0.05, 0.1) is 22.6 Å². The molecule has 0 aliphatic carbocycles. The zero-order valence-electron chi connectivity index (χ0n) is 15.0. The number of fused-ring (bicyclic) bond motifs is 2. The highest BCUT2D eigenvalue weighted by molar-refractivity contribution is 7.89. The van der Waals surface area contributed by atoms with Crippen LogP contribution >= 0.6 is 11.3 Å². The fourth-order valence-corrected chi connectivity index (χ4v) is 5.90. The summed E-state index contributed by atoms with van der Waals surface area (Å²) in [6.07, 6.45) is 2.35. The molecular weight excluding hydrogens is 392 g/mol. The first-order valence-corrected chi connectivity index (χ1v) is 11.4. The highest BCUT2D eigenvalue weighted by Gasteiger charge is 2.29. The lowest BCUT2D eigenvalue weighted by molar-refractivity contribution is 0.410. The molecule has 28 heavy (non-hydrogen) atoms. The molecular formula is C20H18N4O2S2. The van der Waals surface area contributed by atoms with Gasteiger partial charge in [0.2, 0.25) is 10.0 Å². The zero-order valence-corrected chi connectivity index (χ0v) is 16.7. The van der Waals surface area contributed by atoms with Crippen molar-refractivity contribution in [2.24, 2.45) is 0 Å². The second kappa shape index (κ2) is 6.80. The summed E-state index contributed by atoms with van der Waals surface area (Å²) in [6.45, 7) is 1.48. The van der Waals surface area contributed by atoms with Crippen LogP contribution in [0.25, 0.3) is 21.5 Å². The number of nitrogens with zero attached hydrogens (tertiary/aromatic N) is 4. The fraction of sp³-hybridized carbons (Fsp3) is 0.200. The quantitative estimate of drug-likeness (QED) is 0.516. The van der Waals surface area contributed by atoms with Crippen LogP contribution in [0.1, 0.15) is 12.1 Å². The Hall–Kier alpha value is -2.55. The molecule has 0 amide bonds. The van der Waals surface area contributed by atoms with E-state index in [2.05, 4.69) is 10.1 Å². The van der Waals surface area contributed by atoms with E-state index in [1.807, 2.05) is 46.5 Å². The standard InChI is InChI=1S/C20H18N4O2S2/c25-28(26,19-8-1-5-15-6-2-9-21-20(15)19)23-10-4-11-24-16(14-23)13-17(22-24)18-7-3-12-27-18/h1-3,5-9,12-13H,4,10-11,14H2. The smallest absolute Gasteiger partial charge is 0.245 e. The lowest BCUT2D eigenvalue weighted by Gasteiger charge is -2.20. The van der Waals surface area contributed by atoms with Gasteiger partial charge in [-0.15, -0.1) is 11.3 Å². The molecule has 5 rings (SSSR count). The minimum absolute atomic E-state index is 0.261. The molecule has 0 unspecified atom stereocenters. The van der Waals surface area contributed by atoms with Crippen molar-refractivity contribution in [2.45, 2.75) is 24.4 Å². The van der Waals surface area contributed by atoms with Gasteiger partial charge in [0.1, 0.15) is 10.6 Å². The number of pyridine rings is 1. The molecule has 0 spiro atoms. The Morgan fingerprint density at radius 3 is 2.79 bits per heavy atom. The van der Waals surface area contributed by atoms with Crippen LogP contribution in [0, 0.1) is 0 Å². The summed E-state index contributed by atoms with van der Waals surface area (Å²) in [5, 5.41) is 7.53.